The van der Waals surface area contributed by atoms with Gasteiger partial charge in [0.2, 0.25) is 5.95 Å². The van der Waals surface area contributed by atoms with Crippen LogP contribution in [0, 0.1) is 26.6 Å². The summed E-state index contributed by atoms with van der Waals surface area (Å²) in [5.74, 6) is 1.04. The van der Waals surface area contributed by atoms with Gasteiger partial charge in [0.15, 0.2) is 0 Å². The molecule has 0 radical (unpaired) electrons. The van der Waals surface area contributed by atoms with Crippen molar-refractivity contribution < 1.29 is 4.39 Å². The maximum atomic E-state index is 13.0. The van der Waals surface area contributed by atoms with Gasteiger partial charge in [0, 0.05) is 24.0 Å². The highest BCUT2D eigenvalue weighted by atomic mass is 19.1. The minimum Gasteiger partial charge on any atom is -0.350 e. The number of aromatic nitrogens is 2. The first-order chi connectivity index (χ1) is 12.0. The Balaban J connectivity index is 1.74. The van der Waals surface area contributed by atoms with Crippen molar-refractivity contribution in [1.82, 2.24) is 9.97 Å². The van der Waals surface area contributed by atoms with Crippen LogP contribution in [-0.4, -0.2) is 9.97 Å². The van der Waals surface area contributed by atoms with Crippen LogP contribution in [0.5, 0.6) is 0 Å². The normalized spacial score (nSPS) is 10.6. The summed E-state index contributed by atoms with van der Waals surface area (Å²) < 4.78 is 13.0. The molecular formula is C20H21FN4. The van der Waals surface area contributed by atoms with E-state index in [1.165, 1.54) is 17.7 Å². The van der Waals surface area contributed by atoms with E-state index in [4.69, 9.17) is 0 Å². The van der Waals surface area contributed by atoms with Crippen molar-refractivity contribution in [2.24, 2.45) is 0 Å². The molecule has 4 nitrogen and oxygen atoms in total. The smallest absolute Gasteiger partial charge is 0.225 e. The largest absolute Gasteiger partial charge is 0.350 e. The van der Waals surface area contributed by atoms with Crippen LogP contribution in [0.2, 0.25) is 0 Å². The molecule has 5 heteroatoms. The van der Waals surface area contributed by atoms with Gasteiger partial charge in [-0.3, -0.25) is 0 Å². The van der Waals surface area contributed by atoms with Gasteiger partial charge in [-0.25, -0.2) is 9.37 Å². The Labute approximate surface area is 147 Å². The lowest BCUT2D eigenvalue weighted by molar-refractivity contribution is 0.627. The number of hydrogen-bond donors (Lipinski definition) is 2. The Kier molecular flexibility index (Phi) is 4.93. The number of anilines is 3. The van der Waals surface area contributed by atoms with Gasteiger partial charge in [-0.05, 0) is 50.1 Å². The fourth-order valence-corrected chi connectivity index (χ4v) is 2.59. The van der Waals surface area contributed by atoms with Crippen molar-refractivity contribution >= 4 is 17.5 Å². The van der Waals surface area contributed by atoms with Gasteiger partial charge >= 0.3 is 0 Å². The standard InChI is InChI=1S/C20H21FN4/c1-13-4-9-18(14(2)10-13)24-19-11-15(3)23-20(25-19)22-12-16-5-7-17(21)8-6-16/h4-11H,12H2,1-3H3,(H2,22,23,24,25). The number of benzene rings is 2. The first-order valence-electron chi connectivity index (χ1n) is 8.18. The third-order valence-corrected chi connectivity index (χ3v) is 3.86. The van der Waals surface area contributed by atoms with Crippen molar-refractivity contribution in [1.29, 1.82) is 0 Å². The Morgan fingerprint density at radius 2 is 1.68 bits per heavy atom. The quantitative estimate of drug-likeness (QED) is 0.696. The number of hydrogen-bond acceptors (Lipinski definition) is 4. The molecule has 128 valence electrons. The number of aryl methyl sites for hydroxylation is 3. The highest BCUT2D eigenvalue weighted by Gasteiger charge is 2.05. The lowest BCUT2D eigenvalue weighted by Gasteiger charge is -2.12. The van der Waals surface area contributed by atoms with Crippen LogP contribution in [0.3, 0.4) is 0 Å². The molecular weight excluding hydrogens is 315 g/mol. The van der Waals surface area contributed by atoms with Crippen LogP contribution < -0.4 is 10.6 Å². The van der Waals surface area contributed by atoms with Crippen molar-refractivity contribution in [2.45, 2.75) is 27.3 Å². The highest BCUT2D eigenvalue weighted by molar-refractivity contribution is 5.61. The molecule has 0 aliphatic carbocycles. The molecule has 0 aliphatic rings. The van der Waals surface area contributed by atoms with E-state index in [1.807, 2.05) is 19.1 Å². The van der Waals surface area contributed by atoms with Crippen molar-refractivity contribution in [3.8, 4) is 0 Å². The van der Waals surface area contributed by atoms with Crippen molar-refractivity contribution in [3.63, 3.8) is 0 Å². The molecule has 0 saturated carbocycles. The first-order valence-corrected chi connectivity index (χ1v) is 8.18. The predicted octanol–water partition coefficient (Wildman–Crippen LogP) is 4.90. The molecule has 0 atom stereocenters. The lowest BCUT2D eigenvalue weighted by Crippen LogP contribution is -2.06. The molecule has 3 rings (SSSR count). The van der Waals surface area contributed by atoms with Crippen LogP contribution in [-0.2, 0) is 6.54 Å². The average Bonchev–Trinajstić information content (AvgIpc) is 2.56. The number of nitrogens with one attached hydrogen (secondary N) is 2. The van der Waals surface area contributed by atoms with E-state index in [1.54, 1.807) is 12.1 Å². The second-order valence-electron chi connectivity index (χ2n) is 6.14. The van der Waals surface area contributed by atoms with E-state index >= 15 is 0 Å². The van der Waals surface area contributed by atoms with E-state index in [0.29, 0.717) is 12.5 Å². The first kappa shape index (κ1) is 16.9. The van der Waals surface area contributed by atoms with Crippen LogP contribution in [0.1, 0.15) is 22.4 Å². The van der Waals surface area contributed by atoms with Crippen molar-refractivity contribution in [3.05, 3.63) is 76.7 Å². The third kappa shape index (κ3) is 4.53. The fourth-order valence-electron chi connectivity index (χ4n) is 2.59. The molecule has 0 fully saturated rings. The molecule has 2 N–H and O–H groups in total. The molecule has 2 aromatic carbocycles. The van der Waals surface area contributed by atoms with E-state index in [2.05, 4.69) is 46.6 Å². The zero-order valence-electron chi connectivity index (χ0n) is 14.6. The maximum absolute atomic E-state index is 13.0. The third-order valence-electron chi connectivity index (χ3n) is 3.86. The van der Waals surface area contributed by atoms with E-state index in [0.717, 1.165) is 28.3 Å². The Morgan fingerprint density at radius 3 is 2.40 bits per heavy atom. The Morgan fingerprint density at radius 1 is 0.920 bits per heavy atom. The Hall–Kier alpha value is -2.95. The minimum atomic E-state index is -0.240. The minimum absolute atomic E-state index is 0.240. The number of halogens is 1. The molecule has 0 aliphatic heterocycles. The molecule has 0 saturated heterocycles. The molecule has 0 spiro atoms. The molecule has 0 bridgehead atoms. The summed E-state index contributed by atoms with van der Waals surface area (Å²) in [6.07, 6.45) is 0. The zero-order valence-corrected chi connectivity index (χ0v) is 14.6. The molecule has 25 heavy (non-hydrogen) atoms. The second kappa shape index (κ2) is 7.30. The molecule has 3 aromatic rings. The molecule has 1 heterocycles. The van der Waals surface area contributed by atoms with Gasteiger partial charge in [0.1, 0.15) is 11.6 Å². The molecule has 0 amide bonds. The number of nitrogens with zero attached hydrogens (tertiary/aromatic N) is 2. The summed E-state index contributed by atoms with van der Waals surface area (Å²) in [5.41, 5.74) is 5.24. The van der Waals surface area contributed by atoms with Crippen LogP contribution in [0.15, 0.2) is 48.5 Å². The number of rotatable bonds is 5. The summed E-state index contributed by atoms with van der Waals surface area (Å²) in [7, 11) is 0. The SMILES string of the molecule is Cc1ccc(Nc2cc(C)nc(NCc3ccc(F)cc3)n2)c(C)c1. The second-order valence-corrected chi connectivity index (χ2v) is 6.14. The monoisotopic (exact) mass is 336 g/mol. The summed E-state index contributed by atoms with van der Waals surface area (Å²) in [6.45, 7) is 6.60. The van der Waals surface area contributed by atoms with Gasteiger partial charge in [0.25, 0.3) is 0 Å². The maximum Gasteiger partial charge on any atom is 0.225 e. The van der Waals surface area contributed by atoms with E-state index in [9.17, 15) is 4.39 Å². The molecule has 0 unspecified atom stereocenters. The summed E-state index contributed by atoms with van der Waals surface area (Å²) >= 11 is 0. The Bertz CT molecular complexity index is 875. The van der Waals surface area contributed by atoms with E-state index < -0.39 is 0 Å². The topological polar surface area (TPSA) is 49.8 Å². The average molecular weight is 336 g/mol. The summed E-state index contributed by atoms with van der Waals surface area (Å²) in [6, 6.07) is 14.5. The van der Waals surface area contributed by atoms with Gasteiger partial charge in [0.05, 0.1) is 0 Å². The zero-order chi connectivity index (χ0) is 17.8. The predicted molar refractivity (Wildman–Crippen MR) is 99.7 cm³/mol. The summed E-state index contributed by atoms with van der Waals surface area (Å²) in [4.78, 5) is 8.93. The summed E-state index contributed by atoms with van der Waals surface area (Å²) in [5, 5.41) is 6.53. The molecule has 1 aromatic heterocycles. The van der Waals surface area contributed by atoms with Gasteiger partial charge < -0.3 is 10.6 Å². The highest BCUT2D eigenvalue weighted by Crippen LogP contribution is 2.21. The fraction of sp³-hybridized carbons (Fsp3) is 0.200. The van der Waals surface area contributed by atoms with Crippen LogP contribution in [0.4, 0.5) is 21.8 Å². The van der Waals surface area contributed by atoms with Gasteiger partial charge in [-0.15, -0.1) is 0 Å². The van der Waals surface area contributed by atoms with Crippen LogP contribution in [0.25, 0.3) is 0 Å². The van der Waals surface area contributed by atoms with Crippen molar-refractivity contribution in [2.75, 3.05) is 10.6 Å². The van der Waals surface area contributed by atoms with Gasteiger partial charge in [-0.1, -0.05) is 29.8 Å². The van der Waals surface area contributed by atoms with E-state index in [-0.39, 0.29) is 5.82 Å². The van der Waals surface area contributed by atoms with Crippen LogP contribution >= 0.6 is 0 Å². The lowest BCUT2D eigenvalue weighted by atomic mass is 10.1. The van der Waals surface area contributed by atoms with Gasteiger partial charge in [-0.2, -0.15) is 4.98 Å².